The van der Waals surface area contributed by atoms with Crippen molar-refractivity contribution in [2.45, 2.75) is 31.2 Å². The largest absolute Gasteiger partial charge is 0.435 e. The van der Waals surface area contributed by atoms with Crippen LogP contribution in [0.15, 0.2) is 46.9 Å². The van der Waals surface area contributed by atoms with Crippen LogP contribution in [-0.2, 0) is 15.2 Å². The molecule has 0 fully saturated rings. The van der Waals surface area contributed by atoms with Crippen LogP contribution >= 0.6 is 34.5 Å². The van der Waals surface area contributed by atoms with Gasteiger partial charge in [0.1, 0.15) is 6.04 Å². The number of hydrogen-bond acceptors (Lipinski definition) is 5. The van der Waals surface area contributed by atoms with Gasteiger partial charge in [0, 0.05) is 36.8 Å². The predicted molar refractivity (Wildman–Crippen MR) is 124 cm³/mol. The zero-order chi connectivity index (χ0) is 24.8. The molecule has 2 atom stereocenters. The average Bonchev–Trinajstić information content (AvgIpc) is 3.40. The summed E-state index contributed by atoms with van der Waals surface area (Å²) in [6.07, 6.45) is -5.45. The molecule has 1 aliphatic rings. The molecule has 2 amide bonds. The lowest BCUT2D eigenvalue weighted by Gasteiger charge is -2.29. The van der Waals surface area contributed by atoms with Gasteiger partial charge < -0.3 is 15.9 Å². The normalized spacial score (nSPS) is 18.9. The van der Waals surface area contributed by atoms with Crippen LogP contribution in [0.3, 0.4) is 0 Å². The SMILES string of the molecule is C[C@@H](NC(=O)c1ccc(C2=NOC(c3cc(Cl)cc(Cl)c3)(C(F)(F)F)C2)c2sccc12)C(N)=O. The van der Waals surface area contributed by atoms with Gasteiger partial charge in [-0.05, 0) is 42.6 Å². The maximum atomic E-state index is 14.3. The Bertz CT molecular complexity index is 1320. The third-order valence-corrected chi connectivity index (χ3v) is 6.85. The highest BCUT2D eigenvalue weighted by atomic mass is 35.5. The summed E-state index contributed by atoms with van der Waals surface area (Å²) < 4.78 is 43.4. The summed E-state index contributed by atoms with van der Waals surface area (Å²) in [6, 6.07) is 7.34. The molecule has 12 heteroatoms. The first-order chi connectivity index (χ1) is 15.9. The number of carbonyl (C=O) groups is 2. The van der Waals surface area contributed by atoms with E-state index in [0.717, 1.165) is 12.1 Å². The second-order valence-corrected chi connectivity index (χ2v) is 9.50. The zero-order valence-corrected chi connectivity index (χ0v) is 19.7. The lowest BCUT2D eigenvalue weighted by molar-refractivity contribution is -0.275. The Kier molecular flexibility index (Phi) is 6.26. The Balaban J connectivity index is 1.73. The van der Waals surface area contributed by atoms with E-state index in [1.54, 1.807) is 11.4 Å². The fourth-order valence-electron chi connectivity index (χ4n) is 3.67. The van der Waals surface area contributed by atoms with Crippen molar-refractivity contribution in [3.63, 3.8) is 0 Å². The Morgan fingerprint density at radius 1 is 1.21 bits per heavy atom. The van der Waals surface area contributed by atoms with Gasteiger partial charge >= 0.3 is 6.18 Å². The predicted octanol–water partition coefficient (Wildman–Crippen LogP) is 5.39. The maximum absolute atomic E-state index is 14.3. The van der Waals surface area contributed by atoms with E-state index in [1.807, 2.05) is 0 Å². The molecule has 0 saturated carbocycles. The van der Waals surface area contributed by atoms with E-state index in [4.69, 9.17) is 33.8 Å². The minimum absolute atomic E-state index is 0.0318. The number of primary amides is 1. The van der Waals surface area contributed by atoms with Crippen molar-refractivity contribution in [2.24, 2.45) is 10.9 Å². The number of amides is 2. The molecule has 0 spiro atoms. The van der Waals surface area contributed by atoms with Gasteiger partial charge in [0.05, 0.1) is 12.1 Å². The molecule has 1 aliphatic heterocycles. The fraction of sp³-hybridized carbons (Fsp3) is 0.227. The van der Waals surface area contributed by atoms with E-state index < -0.39 is 36.1 Å². The molecule has 0 saturated heterocycles. The van der Waals surface area contributed by atoms with E-state index in [2.05, 4.69) is 10.5 Å². The van der Waals surface area contributed by atoms with E-state index in [9.17, 15) is 22.8 Å². The molecular weight excluding hydrogens is 514 g/mol. The van der Waals surface area contributed by atoms with Gasteiger partial charge in [-0.15, -0.1) is 11.3 Å². The van der Waals surface area contributed by atoms with Gasteiger partial charge in [-0.1, -0.05) is 34.4 Å². The highest BCUT2D eigenvalue weighted by Gasteiger charge is 2.62. The number of nitrogens with one attached hydrogen (secondary N) is 1. The molecule has 2 heterocycles. The molecule has 1 aromatic heterocycles. The van der Waals surface area contributed by atoms with Crippen LogP contribution < -0.4 is 11.1 Å². The minimum atomic E-state index is -4.83. The van der Waals surface area contributed by atoms with Gasteiger partial charge in [0.25, 0.3) is 11.5 Å². The molecule has 3 aromatic rings. The molecule has 4 rings (SSSR count). The summed E-state index contributed by atoms with van der Waals surface area (Å²) in [5.74, 6) is -1.24. The Morgan fingerprint density at radius 2 is 1.88 bits per heavy atom. The first-order valence-electron chi connectivity index (χ1n) is 9.82. The van der Waals surface area contributed by atoms with Crippen LogP contribution in [0.1, 0.15) is 34.8 Å². The number of benzene rings is 2. The quantitative estimate of drug-likeness (QED) is 0.463. The lowest BCUT2D eigenvalue weighted by Crippen LogP contribution is -2.42. The summed E-state index contributed by atoms with van der Waals surface area (Å²) in [5, 5.41) is 8.55. The minimum Gasteiger partial charge on any atom is -0.374 e. The van der Waals surface area contributed by atoms with Crippen LogP contribution in [-0.4, -0.2) is 29.7 Å². The fourth-order valence-corrected chi connectivity index (χ4v) is 5.15. The van der Waals surface area contributed by atoms with Gasteiger partial charge in [0.2, 0.25) is 5.91 Å². The van der Waals surface area contributed by atoms with Crippen LogP contribution in [0.25, 0.3) is 10.1 Å². The average molecular weight is 530 g/mol. The monoisotopic (exact) mass is 529 g/mol. The van der Waals surface area contributed by atoms with Crippen molar-refractivity contribution in [3.8, 4) is 0 Å². The van der Waals surface area contributed by atoms with Crippen molar-refractivity contribution >= 4 is 62.2 Å². The summed E-state index contributed by atoms with van der Waals surface area (Å²) >= 11 is 13.1. The number of carbonyl (C=O) groups excluding carboxylic acids is 2. The molecule has 2 aromatic carbocycles. The number of nitrogens with zero attached hydrogens (tertiary/aromatic N) is 1. The van der Waals surface area contributed by atoms with E-state index >= 15 is 0 Å². The van der Waals surface area contributed by atoms with Crippen molar-refractivity contribution in [2.75, 3.05) is 0 Å². The smallest absolute Gasteiger partial charge is 0.374 e. The summed E-state index contributed by atoms with van der Waals surface area (Å²) in [4.78, 5) is 29.0. The lowest BCUT2D eigenvalue weighted by atomic mass is 9.86. The first-order valence-corrected chi connectivity index (χ1v) is 11.5. The standard InChI is InChI=1S/C22H16Cl2F3N3O3S/c1-10(19(28)31)29-20(32)15-2-3-16(18-14(15)4-5-34-18)17-9-21(33-30-17,22(25,26)27)11-6-12(23)8-13(24)7-11/h2-8,10H,9H2,1H3,(H2,28,31)(H,29,32)/t10-,21?/m1/s1. The number of oxime groups is 1. The number of thiophene rings is 1. The Hall–Kier alpha value is -2.82. The molecule has 0 radical (unpaired) electrons. The second-order valence-electron chi connectivity index (χ2n) is 7.71. The van der Waals surface area contributed by atoms with Crippen molar-refractivity contribution in [1.29, 1.82) is 0 Å². The van der Waals surface area contributed by atoms with E-state index in [1.165, 1.54) is 36.5 Å². The Labute approximate surface area is 205 Å². The third-order valence-electron chi connectivity index (χ3n) is 5.46. The van der Waals surface area contributed by atoms with Crippen LogP contribution in [0.5, 0.6) is 0 Å². The molecule has 6 nitrogen and oxygen atoms in total. The molecule has 178 valence electrons. The van der Waals surface area contributed by atoms with E-state index in [-0.39, 0.29) is 26.9 Å². The maximum Gasteiger partial charge on any atom is 0.435 e. The molecule has 0 aliphatic carbocycles. The third kappa shape index (κ3) is 4.21. The van der Waals surface area contributed by atoms with Gasteiger partial charge in [-0.25, -0.2) is 0 Å². The van der Waals surface area contributed by atoms with Gasteiger partial charge in [-0.2, -0.15) is 13.2 Å². The first kappa shape index (κ1) is 24.3. The van der Waals surface area contributed by atoms with Crippen molar-refractivity contribution in [1.82, 2.24) is 5.32 Å². The topological polar surface area (TPSA) is 93.8 Å². The molecule has 1 unspecified atom stereocenters. The summed E-state index contributed by atoms with van der Waals surface area (Å²) in [5.41, 5.74) is 2.85. The van der Waals surface area contributed by atoms with Crippen LogP contribution in [0, 0.1) is 0 Å². The van der Waals surface area contributed by atoms with E-state index in [0.29, 0.717) is 15.6 Å². The van der Waals surface area contributed by atoms with Crippen LogP contribution in [0.2, 0.25) is 10.0 Å². The van der Waals surface area contributed by atoms with Gasteiger partial charge in [0.15, 0.2) is 0 Å². The second kappa shape index (κ2) is 8.75. The van der Waals surface area contributed by atoms with Crippen molar-refractivity contribution < 1.29 is 27.6 Å². The van der Waals surface area contributed by atoms with Gasteiger partial charge in [-0.3, -0.25) is 9.59 Å². The number of alkyl halides is 3. The summed E-state index contributed by atoms with van der Waals surface area (Å²) in [6.45, 7) is 1.45. The molecule has 34 heavy (non-hydrogen) atoms. The van der Waals surface area contributed by atoms with Crippen LogP contribution in [0.4, 0.5) is 13.2 Å². The highest BCUT2D eigenvalue weighted by molar-refractivity contribution is 7.17. The molecule has 0 bridgehead atoms. The Morgan fingerprint density at radius 3 is 2.50 bits per heavy atom. The molecule has 3 N–H and O–H groups in total. The van der Waals surface area contributed by atoms with Crippen molar-refractivity contribution in [3.05, 3.63) is 68.5 Å². The number of fused-ring (bicyclic) bond motifs is 1. The molecular formula is C22H16Cl2F3N3O3S. The number of hydrogen-bond donors (Lipinski definition) is 2. The number of rotatable bonds is 5. The number of halogens is 5. The highest BCUT2D eigenvalue weighted by Crippen LogP contribution is 2.50. The number of nitrogens with two attached hydrogens (primary N) is 1. The zero-order valence-electron chi connectivity index (χ0n) is 17.4. The summed E-state index contributed by atoms with van der Waals surface area (Å²) in [7, 11) is 0.